The molecule has 134 valence electrons. The average molecular weight is 385 g/mol. The van der Waals surface area contributed by atoms with Crippen molar-refractivity contribution >= 4 is 45.7 Å². The molecule has 1 aliphatic heterocycles. The van der Waals surface area contributed by atoms with Crippen LogP contribution in [0, 0.1) is 6.92 Å². The first-order valence-electron chi connectivity index (χ1n) is 8.86. The highest BCUT2D eigenvalue weighted by molar-refractivity contribution is 7.80. The molecule has 2 heterocycles. The number of rotatable bonds is 2. The number of aryl methyl sites for hydroxylation is 1. The summed E-state index contributed by atoms with van der Waals surface area (Å²) in [5.74, 6) is 1.41. The average Bonchev–Trinajstić information content (AvgIpc) is 3.05. The van der Waals surface area contributed by atoms with Crippen LogP contribution in [-0.4, -0.2) is 33.1 Å². The number of anilines is 1. The Morgan fingerprint density at radius 2 is 2.19 bits per heavy atom. The fourth-order valence-electron chi connectivity index (χ4n) is 3.49. The number of benzene rings is 2. The maximum atomic E-state index is 6.06. The largest absolute Gasteiger partial charge is 0.348 e. The predicted octanol–water partition coefficient (Wildman–Crippen LogP) is 5.10. The Kier molecular flexibility index (Phi) is 4.83. The first kappa shape index (κ1) is 17.3. The van der Waals surface area contributed by atoms with Gasteiger partial charge in [-0.15, -0.1) is 0 Å². The highest BCUT2D eigenvalue weighted by Gasteiger charge is 2.25. The fraction of sp³-hybridized carbons (Fsp3) is 0.300. The number of aromatic nitrogens is 2. The lowest BCUT2D eigenvalue weighted by atomic mass is 9.98. The molecule has 2 N–H and O–H groups in total. The first-order chi connectivity index (χ1) is 12.6. The van der Waals surface area contributed by atoms with Crippen LogP contribution in [-0.2, 0) is 0 Å². The van der Waals surface area contributed by atoms with Crippen LogP contribution in [0.4, 0.5) is 5.69 Å². The zero-order valence-corrected chi connectivity index (χ0v) is 16.2. The summed E-state index contributed by atoms with van der Waals surface area (Å²) in [6, 6.07) is 14.0. The minimum Gasteiger partial charge on any atom is -0.348 e. The quantitative estimate of drug-likeness (QED) is 0.603. The highest BCUT2D eigenvalue weighted by Crippen LogP contribution is 2.27. The predicted molar refractivity (Wildman–Crippen MR) is 112 cm³/mol. The van der Waals surface area contributed by atoms with Crippen LogP contribution in [0.5, 0.6) is 0 Å². The van der Waals surface area contributed by atoms with Crippen molar-refractivity contribution in [3.63, 3.8) is 0 Å². The van der Waals surface area contributed by atoms with Gasteiger partial charge in [-0.3, -0.25) is 0 Å². The number of halogens is 1. The normalized spacial score (nSPS) is 17.5. The molecule has 0 spiro atoms. The van der Waals surface area contributed by atoms with Gasteiger partial charge in [0, 0.05) is 29.7 Å². The number of likely N-dealkylation sites (tertiary alicyclic amines) is 1. The van der Waals surface area contributed by atoms with Gasteiger partial charge in [0.25, 0.3) is 0 Å². The van der Waals surface area contributed by atoms with Gasteiger partial charge in [-0.1, -0.05) is 23.7 Å². The number of aromatic amines is 1. The number of nitrogens with one attached hydrogen (secondary N) is 2. The Labute approximate surface area is 163 Å². The van der Waals surface area contributed by atoms with Crippen LogP contribution in [0.15, 0.2) is 42.5 Å². The summed E-state index contributed by atoms with van der Waals surface area (Å²) in [5.41, 5.74) is 4.30. The molecule has 6 heteroatoms. The van der Waals surface area contributed by atoms with E-state index in [1.807, 2.05) is 24.3 Å². The molecule has 0 saturated carbocycles. The second-order valence-electron chi connectivity index (χ2n) is 6.87. The van der Waals surface area contributed by atoms with E-state index in [1.165, 1.54) is 5.56 Å². The van der Waals surface area contributed by atoms with Crippen molar-refractivity contribution in [3.8, 4) is 0 Å². The molecule has 0 aliphatic carbocycles. The summed E-state index contributed by atoms with van der Waals surface area (Å²) >= 11 is 11.7. The molecule has 4 rings (SSSR count). The van der Waals surface area contributed by atoms with Crippen molar-refractivity contribution in [2.75, 3.05) is 18.4 Å². The van der Waals surface area contributed by atoms with Crippen molar-refractivity contribution in [1.82, 2.24) is 14.9 Å². The summed E-state index contributed by atoms with van der Waals surface area (Å²) in [5, 5.41) is 4.74. The van der Waals surface area contributed by atoms with Gasteiger partial charge < -0.3 is 15.2 Å². The van der Waals surface area contributed by atoms with Gasteiger partial charge in [0.15, 0.2) is 5.11 Å². The summed E-state index contributed by atoms with van der Waals surface area (Å²) in [4.78, 5) is 10.5. The first-order valence-corrected chi connectivity index (χ1v) is 9.65. The summed E-state index contributed by atoms with van der Waals surface area (Å²) in [7, 11) is 0. The molecule has 1 atom stereocenters. The number of hydrogen-bond donors (Lipinski definition) is 2. The Hall–Kier alpha value is -2.11. The molecule has 1 aliphatic rings. The molecule has 0 unspecified atom stereocenters. The molecule has 1 saturated heterocycles. The molecular formula is C20H21ClN4S. The van der Waals surface area contributed by atoms with Crippen molar-refractivity contribution in [3.05, 3.63) is 58.9 Å². The molecule has 3 aromatic rings. The topological polar surface area (TPSA) is 44.0 Å². The molecule has 4 nitrogen and oxygen atoms in total. The van der Waals surface area contributed by atoms with Crippen LogP contribution in [0.25, 0.3) is 11.0 Å². The van der Waals surface area contributed by atoms with E-state index in [0.29, 0.717) is 10.9 Å². The minimum absolute atomic E-state index is 0.357. The molecule has 1 fully saturated rings. The van der Waals surface area contributed by atoms with E-state index >= 15 is 0 Å². The fourth-order valence-corrected chi connectivity index (χ4v) is 3.96. The SMILES string of the molecule is Cc1ccc2nc([C@@H]3CCCN(C(=S)Nc4cccc(Cl)c4)C3)[nH]c2c1. The second-order valence-corrected chi connectivity index (χ2v) is 7.69. The summed E-state index contributed by atoms with van der Waals surface area (Å²) in [6.07, 6.45) is 2.22. The third-order valence-electron chi connectivity index (χ3n) is 4.83. The van der Waals surface area contributed by atoms with Crippen LogP contribution in [0.2, 0.25) is 5.02 Å². The highest BCUT2D eigenvalue weighted by atomic mass is 35.5. The number of H-pyrrole nitrogens is 1. The van der Waals surface area contributed by atoms with Crippen molar-refractivity contribution in [1.29, 1.82) is 0 Å². The van der Waals surface area contributed by atoms with E-state index in [0.717, 1.165) is 53.6 Å². The van der Waals surface area contributed by atoms with Gasteiger partial charge in [0.1, 0.15) is 5.82 Å². The van der Waals surface area contributed by atoms with Gasteiger partial charge in [0.2, 0.25) is 0 Å². The number of thiocarbonyl (C=S) groups is 1. The number of imidazole rings is 1. The van der Waals surface area contributed by atoms with Gasteiger partial charge in [0.05, 0.1) is 11.0 Å². The Balaban J connectivity index is 1.48. The number of fused-ring (bicyclic) bond motifs is 1. The molecule has 2 aromatic carbocycles. The molecule has 0 radical (unpaired) electrons. The maximum Gasteiger partial charge on any atom is 0.173 e. The van der Waals surface area contributed by atoms with E-state index in [1.54, 1.807) is 0 Å². The minimum atomic E-state index is 0.357. The molecular weight excluding hydrogens is 364 g/mol. The second kappa shape index (κ2) is 7.25. The van der Waals surface area contributed by atoms with E-state index in [-0.39, 0.29) is 0 Å². The van der Waals surface area contributed by atoms with Gasteiger partial charge in [-0.25, -0.2) is 4.98 Å². The van der Waals surface area contributed by atoms with E-state index < -0.39 is 0 Å². The van der Waals surface area contributed by atoms with Crippen LogP contribution < -0.4 is 5.32 Å². The lowest BCUT2D eigenvalue weighted by Gasteiger charge is -2.33. The number of hydrogen-bond acceptors (Lipinski definition) is 2. The molecule has 26 heavy (non-hydrogen) atoms. The zero-order chi connectivity index (χ0) is 18.1. The monoisotopic (exact) mass is 384 g/mol. The summed E-state index contributed by atoms with van der Waals surface area (Å²) < 4.78 is 0. The van der Waals surface area contributed by atoms with E-state index in [9.17, 15) is 0 Å². The Bertz CT molecular complexity index is 952. The van der Waals surface area contributed by atoms with Crippen LogP contribution in [0.3, 0.4) is 0 Å². The van der Waals surface area contributed by atoms with Gasteiger partial charge in [-0.05, 0) is 67.9 Å². The smallest absolute Gasteiger partial charge is 0.173 e. The lowest BCUT2D eigenvalue weighted by molar-refractivity contribution is 0.307. The van der Waals surface area contributed by atoms with Crippen molar-refractivity contribution in [2.45, 2.75) is 25.7 Å². The van der Waals surface area contributed by atoms with E-state index in [2.05, 4.69) is 40.3 Å². The zero-order valence-electron chi connectivity index (χ0n) is 14.6. The van der Waals surface area contributed by atoms with Crippen molar-refractivity contribution < 1.29 is 0 Å². The molecule has 1 aromatic heterocycles. The third-order valence-corrected chi connectivity index (χ3v) is 5.42. The Morgan fingerprint density at radius 1 is 1.31 bits per heavy atom. The molecule has 0 amide bonds. The van der Waals surface area contributed by atoms with Crippen molar-refractivity contribution in [2.24, 2.45) is 0 Å². The van der Waals surface area contributed by atoms with E-state index in [4.69, 9.17) is 28.8 Å². The standard InChI is InChI=1S/C20H21ClN4S/c1-13-7-8-17-18(10-13)24-19(23-17)14-4-3-9-25(12-14)20(26)22-16-6-2-5-15(21)11-16/h2,5-8,10-11,14H,3-4,9,12H2,1H3,(H,22,26)(H,23,24)/t14-/m1/s1. The molecule has 0 bridgehead atoms. The summed E-state index contributed by atoms with van der Waals surface area (Å²) in [6.45, 7) is 3.93. The maximum absolute atomic E-state index is 6.06. The number of nitrogens with zero attached hydrogens (tertiary/aromatic N) is 2. The van der Waals surface area contributed by atoms with Gasteiger partial charge >= 0.3 is 0 Å². The lowest BCUT2D eigenvalue weighted by Crippen LogP contribution is -2.41. The third kappa shape index (κ3) is 3.69. The number of piperidine rings is 1. The Morgan fingerprint density at radius 3 is 3.04 bits per heavy atom. The van der Waals surface area contributed by atoms with Crippen LogP contribution in [0.1, 0.15) is 30.1 Å². The van der Waals surface area contributed by atoms with Gasteiger partial charge in [-0.2, -0.15) is 0 Å². The van der Waals surface area contributed by atoms with Crippen LogP contribution >= 0.6 is 23.8 Å².